The first-order valence-electron chi connectivity index (χ1n) is 8.99. The van der Waals surface area contributed by atoms with Gasteiger partial charge in [0.25, 0.3) is 0 Å². The zero-order valence-electron chi connectivity index (χ0n) is 15.7. The van der Waals surface area contributed by atoms with Crippen LogP contribution in [0.25, 0.3) is 0 Å². The van der Waals surface area contributed by atoms with Gasteiger partial charge in [0.05, 0.1) is 11.4 Å². The molecule has 0 aliphatic rings. The van der Waals surface area contributed by atoms with Crippen molar-refractivity contribution in [3.63, 3.8) is 0 Å². The number of anilines is 3. The fraction of sp³-hybridized carbons (Fsp3) is 0.250. The summed E-state index contributed by atoms with van der Waals surface area (Å²) < 4.78 is 14.3. The van der Waals surface area contributed by atoms with E-state index in [-0.39, 0.29) is 17.5 Å². The van der Waals surface area contributed by atoms with Crippen molar-refractivity contribution in [2.75, 3.05) is 16.4 Å². The first-order chi connectivity index (χ1) is 13.6. The third-order valence-corrected chi connectivity index (χ3v) is 6.08. The van der Waals surface area contributed by atoms with Crippen LogP contribution in [0.5, 0.6) is 0 Å². The van der Waals surface area contributed by atoms with Crippen molar-refractivity contribution < 1.29 is 9.18 Å². The molecular formula is C20H21FN4OS2. The first-order valence-corrected chi connectivity index (χ1v) is 10.8. The van der Waals surface area contributed by atoms with Crippen LogP contribution in [0.2, 0.25) is 0 Å². The highest BCUT2D eigenvalue weighted by Crippen LogP contribution is 2.29. The van der Waals surface area contributed by atoms with E-state index < -0.39 is 0 Å². The number of carbonyl (C=O) groups excluding carboxylic acids is 1. The molecule has 3 rings (SSSR count). The zero-order chi connectivity index (χ0) is 19.9. The summed E-state index contributed by atoms with van der Waals surface area (Å²) in [6.07, 6.45) is 1.72. The van der Waals surface area contributed by atoms with Crippen molar-refractivity contribution in [3.05, 3.63) is 59.4 Å². The van der Waals surface area contributed by atoms with E-state index in [1.54, 1.807) is 18.2 Å². The Kier molecular flexibility index (Phi) is 7.00. The number of benzene rings is 2. The third kappa shape index (κ3) is 5.08. The van der Waals surface area contributed by atoms with E-state index in [1.807, 2.05) is 18.2 Å². The monoisotopic (exact) mass is 416 g/mol. The lowest BCUT2D eigenvalue weighted by molar-refractivity contribution is -0.113. The Morgan fingerprint density at radius 3 is 2.46 bits per heavy atom. The Morgan fingerprint density at radius 1 is 1.07 bits per heavy atom. The van der Waals surface area contributed by atoms with Crippen LogP contribution < -0.4 is 10.6 Å². The minimum absolute atomic E-state index is 0.0839. The fourth-order valence-electron chi connectivity index (χ4n) is 2.70. The van der Waals surface area contributed by atoms with E-state index in [1.165, 1.54) is 29.2 Å². The lowest BCUT2D eigenvalue weighted by Gasteiger charge is -2.14. The largest absolute Gasteiger partial charge is 0.328 e. The normalized spacial score (nSPS) is 10.7. The maximum absolute atomic E-state index is 13.7. The molecule has 5 nitrogen and oxygen atoms in total. The smallest absolute Gasteiger partial charge is 0.234 e. The molecule has 8 heteroatoms. The second kappa shape index (κ2) is 9.66. The van der Waals surface area contributed by atoms with Crippen molar-refractivity contribution >= 4 is 45.5 Å². The summed E-state index contributed by atoms with van der Waals surface area (Å²) in [5.74, 6) is -0.206. The number of aryl methyl sites for hydroxylation is 2. The van der Waals surface area contributed by atoms with E-state index >= 15 is 0 Å². The van der Waals surface area contributed by atoms with Crippen LogP contribution >= 0.6 is 23.1 Å². The topological polar surface area (TPSA) is 66.9 Å². The van der Waals surface area contributed by atoms with Crippen LogP contribution in [-0.2, 0) is 17.6 Å². The number of hydrogen-bond acceptors (Lipinski definition) is 6. The molecular weight excluding hydrogens is 395 g/mol. The number of hydrogen-bond donors (Lipinski definition) is 2. The number of amides is 1. The van der Waals surface area contributed by atoms with Gasteiger partial charge in [0.1, 0.15) is 5.82 Å². The van der Waals surface area contributed by atoms with E-state index in [2.05, 4.69) is 34.7 Å². The molecule has 0 saturated carbocycles. The summed E-state index contributed by atoms with van der Waals surface area (Å²) in [5, 5.41) is 14.5. The number of aromatic nitrogens is 2. The van der Waals surface area contributed by atoms with E-state index in [9.17, 15) is 9.18 Å². The minimum atomic E-state index is -0.354. The highest BCUT2D eigenvalue weighted by atomic mass is 32.2. The number of halogens is 1. The van der Waals surface area contributed by atoms with Gasteiger partial charge >= 0.3 is 0 Å². The molecule has 2 aromatic carbocycles. The van der Waals surface area contributed by atoms with Gasteiger partial charge in [-0.25, -0.2) is 4.39 Å². The van der Waals surface area contributed by atoms with Gasteiger partial charge in [-0.15, -0.1) is 10.2 Å². The van der Waals surface area contributed by atoms with Crippen LogP contribution in [-0.4, -0.2) is 21.9 Å². The summed E-state index contributed by atoms with van der Waals surface area (Å²) in [5.41, 5.74) is 3.52. The molecule has 146 valence electrons. The molecule has 0 aliphatic carbocycles. The molecule has 0 saturated heterocycles. The average molecular weight is 417 g/mol. The quantitative estimate of drug-likeness (QED) is 0.489. The van der Waals surface area contributed by atoms with E-state index in [4.69, 9.17) is 0 Å². The summed E-state index contributed by atoms with van der Waals surface area (Å²) in [4.78, 5) is 12.4. The Hall–Kier alpha value is -2.45. The Morgan fingerprint density at radius 2 is 1.79 bits per heavy atom. The van der Waals surface area contributed by atoms with Crippen molar-refractivity contribution in [1.82, 2.24) is 10.2 Å². The Labute approximate surface area is 171 Å². The molecule has 0 fully saturated rings. The van der Waals surface area contributed by atoms with E-state index in [0.717, 1.165) is 29.7 Å². The molecule has 28 heavy (non-hydrogen) atoms. The van der Waals surface area contributed by atoms with Crippen molar-refractivity contribution in [2.45, 2.75) is 31.0 Å². The summed E-state index contributed by atoms with van der Waals surface area (Å²) in [6, 6.07) is 12.5. The number of rotatable bonds is 8. The molecule has 0 aliphatic heterocycles. The summed E-state index contributed by atoms with van der Waals surface area (Å²) >= 11 is 2.59. The van der Waals surface area contributed by atoms with Crippen molar-refractivity contribution in [2.24, 2.45) is 0 Å². The van der Waals surface area contributed by atoms with Crippen LogP contribution in [0.3, 0.4) is 0 Å². The molecule has 0 radical (unpaired) electrons. The molecule has 3 aromatic rings. The van der Waals surface area contributed by atoms with Gasteiger partial charge in [0, 0.05) is 5.69 Å². The van der Waals surface area contributed by atoms with Crippen LogP contribution in [0.1, 0.15) is 25.0 Å². The SMILES string of the molecule is CCc1cccc(CC)c1NC(=O)CSc1nnc(Nc2ccccc2F)s1. The average Bonchev–Trinajstić information content (AvgIpc) is 3.16. The molecule has 0 spiro atoms. The maximum atomic E-state index is 13.7. The predicted molar refractivity (Wildman–Crippen MR) is 114 cm³/mol. The minimum Gasteiger partial charge on any atom is -0.328 e. The highest BCUT2D eigenvalue weighted by Gasteiger charge is 2.13. The van der Waals surface area contributed by atoms with Crippen LogP contribution in [0.15, 0.2) is 46.8 Å². The molecule has 1 aromatic heterocycles. The van der Waals surface area contributed by atoms with Gasteiger partial charge in [0.2, 0.25) is 11.0 Å². The second-order valence-corrected chi connectivity index (χ2v) is 8.17. The Balaban J connectivity index is 1.59. The Bertz CT molecular complexity index is 939. The molecule has 0 bridgehead atoms. The number of nitrogens with zero attached hydrogens (tertiary/aromatic N) is 2. The standard InChI is InChI=1S/C20H21FN4OS2/c1-3-13-8-7-9-14(4-2)18(13)23-17(26)12-27-20-25-24-19(28-20)22-16-11-6-5-10-15(16)21/h5-11H,3-4,12H2,1-2H3,(H,22,24)(H,23,26). The van der Waals surface area contributed by atoms with Gasteiger partial charge in [-0.2, -0.15) is 0 Å². The number of carbonyl (C=O) groups is 1. The van der Waals surface area contributed by atoms with E-state index in [0.29, 0.717) is 15.2 Å². The lowest BCUT2D eigenvalue weighted by Crippen LogP contribution is -2.16. The molecule has 0 atom stereocenters. The fourth-order valence-corrected chi connectivity index (χ4v) is 4.27. The van der Waals surface area contributed by atoms with Gasteiger partial charge in [-0.1, -0.05) is 67.3 Å². The van der Waals surface area contributed by atoms with Gasteiger partial charge in [0.15, 0.2) is 4.34 Å². The molecule has 2 N–H and O–H groups in total. The summed E-state index contributed by atoms with van der Waals surface area (Å²) in [7, 11) is 0. The second-order valence-electron chi connectivity index (χ2n) is 5.97. The highest BCUT2D eigenvalue weighted by molar-refractivity contribution is 8.01. The zero-order valence-corrected chi connectivity index (χ0v) is 17.3. The summed E-state index contributed by atoms with van der Waals surface area (Å²) in [6.45, 7) is 4.15. The maximum Gasteiger partial charge on any atom is 0.234 e. The lowest BCUT2D eigenvalue weighted by atomic mass is 10.0. The molecule has 0 unspecified atom stereocenters. The van der Waals surface area contributed by atoms with Crippen molar-refractivity contribution in [1.29, 1.82) is 0 Å². The van der Waals surface area contributed by atoms with Gasteiger partial charge < -0.3 is 10.6 Å². The molecule has 1 amide bonds. The van der Waals surface area contributed by atoms with Gasteiger partial charge in [-0.05, 0) is 36.1 Å². The van der Waals surface area contributed by atoms with Crippen LogP contribution in [0.4, 0.5) is 20.9 Å². The van der Waals surface area contributed by atoms with Gasteiger partial charge in [-0.3, -0.25) is 4.79 Å². The van der Waals surface area contributed by atoms with Crippen molar-refractivity contribution in [3.8, 4) is 0 Å². The predicted octanol–water partition coefficient (Wildman–Crippen LogP) is 5.28. The first kappa shape index (κ1) is 20.3. The number of thioether (sulfide) groups is 1. The number of para-hydroxylation sites is 2. The number of nitrogens with one attached hydrogen (secondary N) is 2. The third-order valence-electron chi connectivity index (χ3n) is 4.11. The molecule has 1 heterocycles. The van der Waals surface area contributed by atoms with Crippen LogP contribution in [0, 0.1) is 5.82 Å².